The number of carbonyl (C=O) groups excluding carboxylic acids is 1. The molecule has 2 aromatic carbocycles. The van der Waals surface area contributed by atoms with Gasteiger partial charge in [-0.05, 0) is 43.3 Å². The molecule has 0 atom stereocenters. The lowest BCUT2D eigenvalue weighted by atomic mass is 10.0. The zero-order chi connectivity index (χ0) is 20.0. The van der Waals surface area contributed by atoms with Crippen LogP contribution in [0.1, 0.15) is 21.7 Å². The summed E-state index contributed by atoms with van der Waals surface area (Å²) in [6.45, 7) is 1.65. The van der Waals surface area contributed by atoms with Crippen molar-refractivity contribution in [1.29, 1.82) is 0 Å². The van der Waals surface area contributed by atoms with E-state index in [4.69, 9.17) is 0 Å². The quantitative estimate of drug-likeness (QED) is 0.553. The Morgan fingerprint density at radius 3 is 2.57 bits per heavy atom. The Labute approximate surface area is 157 Å². The first-order valence-electron chi connectivity index (χ1n) is 8.45. The highest BCUT2D eigenvalue weighted by atomic mass is 19.1. The first-order valence-corrected chi connectivity index (χ1v) is 8.45. The minimum absolute atomic E-state index is 0.0209. The molecule has 2 aromatic heterocycles. The molecule has 1 N–H and O–H groups in total. The summed E-state index contributed by atoms with van der Waals surface area (Å²) < 4.78 is 16.1. The molecule has 0 spiro atoms. The number of H-pyrrole nitrogens is 1. The van der Waals surface area contributed by atoms with Gasteiger partial charge in [-0.1, -0.05) is 6.07 Å². The van der Waals surface area contributed by atoms with Crippen molar-refractivity contribution in [1.82, 2.24) is 19.3 Å². The van der Waals surface area contributed by atoms with E-state index in [1.807, 2.05) is 0 Å². The van der Waals surface area contributed by atoms with Crippen molar-refractivity contribution in [2.75, 3.05) is 0 Å². The van der Waals surface area contributed by atoms with Crippen molar-refractivity contribution in [3.05, 3.63) is 92.1 Å². The van der Waals surface area contributed by atoms with Crippen molar-refractivity contribution in [3.8, 4) is 5.69 Å². The zero-order valence-electron chi connectivity index (χ0n) is 15.1. The molecule has 0 aliphatic heterocycles. The summed E-state index contributed by atoms with van der Waals surface area (Å²) in [5.74, 6) is -0.584. The second-order valence-electron chi connectivity index (χ2n) is 6.39. The van der Waals surface area contributed by atoms with Crippen LogP contribution in [-0.4, -0.2) is 25.1 Å². The van der Waals surface area contributed by atoms with Gasteiger partial charge < -0.3 is 5.10 Å². The molecule has 7 nitrogen and oxygen atoms in total. The van der Waals surface area contributed by atoms with Crippen molar-refractivity contribution >= 4 is 16.7 Å². The Hall–Kier alpha value is -3.81. The first kappa shape index (κ1) is 17.6. The smallest absolute Gasteiger partial charge is 0.277 e. The number of halogens is 1. The molecule has 0 aliphatic rings. The number of hydrogen-bond acceptors (Lipinski definition) is 4. The molecule has 2 heterocycles. The van der Waals surface area contributed by atoms with E-state index >= 15 is 0 Å². The van der Waals surface area contributed by atoms with Gasteiger partial charge in [-0.2, -0.15) is 0 Å². The minimum Gasteiger partial charge on any atom is -0.302 e. The third kappa shape index (κ3) is 2.75. The fraction of sp³-hybridized carbons (Fsp3) is 0.100. The third-order valence-corrected chi connectivity index (χ3v) is 4.55. The first-order chi connectivity index (χ1) is 13.4. The average molecular weight is 378 g/mol. The molecule has 0 amide bonds. The largest absolute Gasteiger partial charge is 0.302 e. The van der Waals surface area contributed by atoms with Gasteiger partial charge in [0.15, 0.2) is 5.78 Å². The summed E-state index contributed by atoms with van der Waals surface area (Å²) in [4.78, 5) is 42.2. The fourth-order valence-corrected chi connectivity index (χ4v) is 3.14. The second kappa shape index (κ2) is 6.41. The highest BCUT2D eigenvalue weighted by molar-refractivity contribution is 6.10. The summed E-state index contributed by atoms with van der Waals surface area (Å²) >= 11 is 0. The van der Waals surface area contributed by atoms with Gasteiger partial charge in [-0.3, -0.25) is 23.6 Å². The molecule has 0 saturated carbocycles. The Morgan fingerprint density at radius 2 is 1.89 bits per heavy atom. The predicted molar refractivity (Wildman–Crippen MR) is 102 cm³/mol. The van der Waals surface area contributed by atoms with Crippen molar-refractivity contribution in [2.45, 2.75) is 6.92 Å². The predicted octanol–water partition coefficient (Wildman–Crippen LogP) is 2.09. The Kier molecular flexibility index (Phi) is 4.03. The van der Waals surface area contributed by atoms with Crippen LogP contribution in [0.15, 0.2) is 58.3 Å². The third-order valence-electron chi connectivity index (χ3n) is 4.55. The lowest BCUT2D eigenvalue weighted by Crippen LogP contribution is -2.23. The molecule has 4 rings (SSSR count). The number of fused-ring (bicyclic) bond motifs is 1. The number of carbonyl (C=O) groups is 1. The van der Waals surface area contributed by atoms with Crippen LogP contribution in [0.5, 0.6) is 0 Å². The molecule has 0 aliphatic carbocycles. The molecular formula is C20H15FN4O3. The molecule has 0 bridgehead atoms. The standard InChI is InChI=1S/C20H15FN4O3/c1-11-23-17-7-6-12(18(26)16-10-22-24(2)19(16)27)8-15(17)20(28)25(11)14-5-3-4-13(21)9-14/h3-10,22H,1-2H3. The monoisotopic (exact) mass is 378 g/mol. The Bertz CT molecular complexity index is 1360. The van der Waals surface area contributed by atoms with Crippen LogP contribution < -0.4 is 11.1 Å². The van der Waals surface area contributed by atoms with Crippen molar-refractivity contribution in [3.63, 3.8) is 0 Å². The van der Waals surface area contributed by atoms with Crippen LogP contribution >= 0.6 is 0 Å². The van der Waals surface area contributed by atoms with E-state index < -0.39 is 22.7 Å². The zero-order valence-corrected chi connectivity index (χ0v) is 15.1. The van der Waals surface area contributed by atoms with E-state index in [9.17, 15) is 18.8 Å². The normalized spacial score (nSPS) is 11.1. The molecule has 8 heteroatoms. The van der Waals surface area contributed by atoms with Crippen LogP contribution in [0.3, 0.4) is 0 Å². The number of aromatic amines is 1. The number of hydrogen-bond donors (Lipinski definition) is 1. The number of benzene rings is 2. The van der Waals surface area contributed by atoms with E-state index in [-0.39, 0.29) is 16.5 Å². The van der Waals surface area contributed by atoms with Crippen LogP contribution in [-0.2, 0) is 7.05 Å². The lowest BCUT2D eigenvalue weighted by molar-refractivity contribution is 0.103. The van der Waals surface area contributed by atoms with Gasteiger partial charge in [0.2, 0.25) is 0 Å². The highest BCUT2D eigenvalue weighted by Crippen LogP contribution is 2.16. The fourth-order valence-electron chi connectivity index (χ4n) is 3.14. The number of rotatable bonds is 3. The van der Waals surface area contributed by atoms with Crippen LogP contribution in [0, 0.1) is 12.7 Å². The summed E-state index contributed by atoms with van der Waals surface area (Å²) in [6, 6.07) is 10.1. The SMILES string of the molecule is Cc1nc2ccc(C(=O)c3c[nH]n(C)c3=O)cc2c(=O)n1-c1cccc(F)c1. The molecule has 0 fully saturated rings. The van der Waals surface area contributed by atoms with E-state index in [0.717, 1.165) is 0 Å². The maximum absolute atomic E-state index is 13.6. The Balaban J connectivity index is 1.92. The van der Waals surface area contributed by atoms with Gasteiger partial charge in [0.05, 0.1) is 16.6 Å². The summed E-state index contributed by atoms with van der Waals surface area (Å²) in [5, 5.41) is 2.85. The van der Waals surface area contributed by atoms with Crippen molar-refractivity contribution < 1.29 is 9.18 Å². The number of nitrogens with zero attached hydrogens (tertiary/aromatic N) is 3. The average Bonchev–Trinajstić information content (AvgIpc) is 3.00. The molecule has 0 unspecified atom stereocenters. The van der Waals surface area contributed by atoms with Gasteiger partial charge >= 0.3 is 0 Å². The van der Waals surface area contributed by atoms with Gasteiger partial charge in [0, 0.05) is 18.8 Å². The molecule has 140 valence electrons. The summed E-state index contributed by atoms with van der Waals surface area (Å²) in [7, 11) is 1.50. The van der Waals surface area contributed by atoms with E-state index in [1.54, 1.807) is 19.1 Å². The lowest BCUT2D eigenvalue weighted by Gasteiger charge is -2.11. The van der Waals surface area contributed by atoms with Gasteiger partial charge in [0.25, 0.3) is 11.1 Å². The van der Waals surface area contributed by atoms with E-state index in [0.29, 0.717) is 17.0 Å². The van der Waals surface area contributed by atoms with Crippen molar-refractivity contribution in [2.24, 2.45) is 7.05 Å². The van der Waals surface area contributed by atoms with Gasteiger partial charge in [-0.25, -0.2) is 9.37 Å². The number of aromatic nitrogens is 4. The van der Waals surface area contributed by atoms with Gasteiger partial charge in [-0.15, -0.1) is 0 Å². The molecule has 0 saturated heterocycles. The van der Waals surface area contributed by atoms with E-state index in [1.165, 1.54) is 52.8 Å². The number of ketones is 1. The van der Waals surface area contributed by atoms with Gasteiger partial charge in [0.1, 0.15) is 17.2 Å². The van der Waals surface area contributed by atoms with E-state index in [2.05, 4.69) is 10.1 Å². The van der Waals surface area contributed by atoms with Crippen LogP contribution in [0.4, 0.5) is 4.39 Å². The maximum Gasteiger partial charge on any atom is 0.277 e. The number of nitrogens with one attached hydrogen (secondary N) is 1. The maximum atomic E-state index is 13.6. The number of aryl methyl sites for hydroxylation is 2. The molecule has 0 radical (unpaired) electrons. The molecule has 4 aromatic rings. The van der Waals surface area contributed by atoms with Crippen LogP contribution in [0.2, 0.25) is 0 Å². The topological polar surface area (TPSA) is 89.8 Å². The molecule has 28 heavy (non-hydrogen) atoms. The van der Waals surface area contributed by atoms with Crippen LogP contribution in [0.25, 0.3) is 16.6 Å². The Morgan fingerprint density at radius 1 is 1.11 bits per heavy atom. The highest BCUT2D eigenvalue weighted by Gasteiger charge is 2.18. The summed E-state index contributed by atoms with van der Waals surface area (Å²) in [5.41, 5.74) is 0.0425. The second-order valence-corrected chi connectivity index (χ2v) is 6.39. The summed E-state index contributed by atoms with van der Waals surface area (Å²) in [6.07, 6.45) is 1.33. The molecular weight excluding hydrogens is 363 g/mol. The minimum atomic E-state index is -0.499.